The molecule has 1 aromatic heterocycles. The van der Waals surface area contributed by atoms with E-state index in [9.17, 15) is 55.9 Å². The Balaban J connectivity index is 1.59. The summed E-state index contributed by atoms with van der Waals surface area (Å²) in [5.74, 6) is -2.56. The number of phenols is 4. The van der Waals surface area contributed by atoms with Crippen LogP contribution in [0.1, 0.15) is 25.5 Å². The summed E-state index contributed by atoms with van der Waals surface area (Å²) in [5.41, 5.74) is -3.31. The van der Waals surface area contributed by atoms with Crippen molar-refractivity contribution in [3.8, 4) is 34.3 Å². The van der Waals surface area contributed by atoms with Crippen molar-refractivity contribution in [2.45, 2.75) is 74.6 Å². The van der Waals surface area contributed by atoms with E-state index in [0.29, 0.717) is 0 Å². The van der Waals surface area contributed by atoms with Gasteiger partial charge in [-0.2, -0.15) is 0 Å². The number of aliphatic hydroxyl groups is 6. The van der Waals surface area contributed by atoms with Crippen molar-refractivity contribution in [3.05, 3.63) is 46.1 Å². The van der Waals surface area contributed by atoms with Crippen molar-refractivity contribution in [1.29, 1.82) is 0 Å². The van der Waals surface area contributed by atoms with E-state index in [1.165, 1.54) is 26.0 Å². The van der Waals surface area contributed by atoms with Gasteiger partial charge in [0.2, 0.25) is 0 Å². The van der Waals surface area contributed by atoms with Gasteiger partial charge in [0.25, 0.3) is 0 Å². The first kappa shape index (κ1) is 30.9. The Morgan fingerprint density at radius 1 is 0.907 bits per heavy atom. The Labute approximate surface area is 242 Å². The van der Waals surface area contributed by atoms with Crippen LogP contribution in [0.15, 0.2) is 39.5 Å². The fourth-order valence-corrected chi connectivity index (χ4v) is 5.30. The van der Waals surface area contributed by atoms with Crippen molar-refractivity contribution in [2.24, 2.45) is 0 Å². The number of ether oxygens (including phenoxy) is 3. The van der Waals surface area contributed by atoms with Crippen molar-refractivity contribution < 1.29 is 69.7 Å². The maximum Gasteiger partial charge on any atom is 0.197 e. The van der Waals surface area contributed by atoms with Crippen LogP contribution in [0.3, 0.4) is 0 Å². The van der Waals surface area contributed by atoms with Crippen molar-refractivity contribution >= 4 is 11.0 Å². The quantitative estimate of drug-likeness (QED) is 0.156. The molecule has 10 atom stereocenters. The monoisotopic (exact) mass is 608 g/mol. The minimum Gasteiger partial charge on any atom is -0.507 e. The van der Waals surface area contributed by atoms with Crippen LogP contribution in [-0.2, 0) is 14.2 Å². The highest BCUT2D eigenvalue weighted by Gasteiger charge is 2.54. The smallest absolute Gasteiger partial charge is 0.197 e. The van der Waals surface area contributed by atoms with E-state index in [0.717, 1.165) is 18.2 Å². The maximum absolute atomic E-state index is 13.2. The van der Waals surface area contributed by atoms with E-state index in [2.05, 4.69) is 0 Å². The van der Waals surface area contributed by atoms with E-state index in [-0.39, 0.29) is 16.9 Å². The number of aromatic hydroxyl groups is 4. The van der Waals surface area contributed by atoms with E-state index in [1.807, 2.05) is 0 Å². The summed E-state index contributed by atoms with van der Waals surface area (Å²) >= 11 is 0. The molecule has 0 spiro atoms. The topological polar surface area (TPSA) is 260 Å². The second-order valence-electron chi connectivity index (χ2n) is 10.9. The molecule has 2 fully saturated rings. The zero-order valence-electron chi connectivity index (χ0n) is 22.8. The largest absolute Gasteiger partial charge is 0.507 e. The molecular weight excluding hydrogens is 576 g/mol. The van der Waals surface area contributed by atoms with Gasteiger partial charge >= 0.3 is 0 Å². The average Bonchev–Trinajstić information content (AvgIpc) is 2.95. The van der Waals surface area contributed by atoms with Gasteiger partial charge in [-0.15, -0.1) is 0 Å². The first-order valence-corrected chi connectivity index (χ1v) is 13.2. The summed E-state index contributed by atoms with van der Waals surface area (Å²) in [4.78, 5) is 13.2. The Morgan fingerprint density at radius 3 is 2.26 bits per heavy atom. The normalized spacial score (nSPS) is 34.8. The number of hydrogen-bond donors (Lipinski definition) is 10. The lowest BCUT2D eigenvalue weighted by atomic mass is 9.86. The molecule has 15 heteroatoms. The molecule has 234 valence electrons. The summed E-state index contributed by atoms with van der Waals surface area (Å²) in [6.45, 7) is 1.80. The zero-order chi connectivity index (χ0) is 31.5. The predicted molar refractivity (Wildman–Crippen MR) is 143 cm³/mol. The highest BCUT2D eigenvalue weighted by atomic mass is 16.7. The summed E-state index contributed by atoms with van der Waals surface area (Å²) in [5, 5.41) is 104. The SMILES string of the molecule is CC1OC(OC2C(c3c(O)cc4oc(-c5ccc(O)c(O)c5)cc(=O)c4c3O)OC(CO)C(O)C2O)C(O)C(O)[C@@]1(C)O. The van der Waals surface area contributed by atoms with Crippen molar-refractivity contribution in [3.63, 3.8) is 0 Å². The van der Waals surface area contributed by atoms with E-state index >= 15 is 0 Å². The highest BCUT2D eigenvalue weighted by Crippen LogP contribution is 2.46. The third-order valence-electron chi connectivity index (χ3n) is 8.08. The van der Waals surface area contributed by atoms with Crippen LogP contribution in [0, 0.1) is 0 Å². The lowest BCUT2D eigenvalue weighted by Crippen LogP contribution is -2.66. The number of aliphatic hydroxyl groups excluding tert-OH is 5. The second kappa shape index (κ2) is 11.2. The molecule has 9 unspecified atom stereocenters. The number of hydrogen-bond acceptors (Lipinski definition) is 15. The molecule has 15 nitrogen and oxygen atoms in total. The van der Waals surface area contributed by atoms with Gasteiger partial charge in [-0.25, -0.2) is 0 Å². The molecule has 2 saturated heterocycles. The molecule has 0 saturated carbocycles. The van der Waals surface area contributed by atoms with Gasteiger partial charge in [-0.05, 0) is 32.0 Å². The summed E-state index contributed by atoms with van der Waals surface area (Å²) in [7, 11) is 0. The molecule has 2 aliphatic heterocycles. The molecule has 3 aromatic rings. The van der Waals surface area contributed by atoms with Gasteiger partial charge in [0, 0.05) is 17.7 Å². The Morgan fingerprint density at radius 2 is 1.60 bits per heavy atom. The van der Waals surface area contributed by atoms with Crippen molar-refractivity contribution in [2.75, 3.05) is 6.61 Å². The molecule has 0 radical (unpaired) electrons. The van der Waals surface area contributed by atoms with Gasteiger partial charge in [0.15, 0.2) is 23.2 Å². The van der Waals surface area contributed by atoms with E-state index in [1.54, 1.807) is 0 Å². The summed E-state index contributed by atoms with van der Waals surface area (Å²) in [6, 6.07) is 5.60. The average molecular weight is 609 g/mol. The van der Waals surface area contributed by atoms with Crippen LogP contribution in [0.25, 0.3) is 22.3 Å². The molecular formula is C28H32O15. The molecule has 3 heterocycles. The minimum atomic E-state index is -1.89. The third kappa shape index (κ3) is 5.18. The van der Waals surface area contributed by atoms with Crippen LogP contribution in [0.4, 0.5) is 0 Å². The molecule has 0 bridgehead atoms. The molecule has 5 rings (SSSR count). The van der Waals surface area contributed by atoms with E-state index in [4.69, 9.17) is 18.6 Å². The fourth-order valence-electron chi connectivity index (χ4n) is 5.30. The fraction of sp³-hybridized carbons (Fsp3) is 0.464. The number of benzene rings is 2. The number of phenolic OH excluding ortho intramolecular Hbond substituents is 4. The predicted octanol–water partition coefficient (Wildman–Crippen LogP) is -0.961. The minimum absolute atomic E-state index is 0.0830. The van der Waals surface area contributed by atoms with Gasteiger partial charge in [0.1, 0.15) is 76.6 Å². The van der Waals surface area contributed by atoms with Crippen LogP contribution >= 0.6 is 0 Å². The van der Waals surface area contributed by atoms with Crippen LogP contribution in [0.5, 0.6) is 23.0 Å². The Kier molecular flexibility index (Phi) is 8.06. The first-order chi connectivity index (χ1) is 20.2. The Bertz CT molecular complexity index is 1570. The van der Waals surface area contributed by atoms with Crippen LogP contribution in [0.2, 0.25) is 0 Å². The number of rotatable bonds is 5. The van der Waals surface area contributed by atoms with Gasteiger partial charge in [-0.1, -0.05) is 0 Å². The summed E-state index contributed by atoms with van der Waals surface area (Å²) < 4.78 is 22.7. The second-order valence-corrected chi connectivity index (χ2v) is 10.9. The van der Waals surface area contributed by atoms with Crippen molar-refractivity contribution in [1.82, 2.24) is 0 Å². The van der Waals surface area contributed by atoms with Gasteiger partial charge in [0.05, 0.1) is 18.3 Å². The van der Waals surface area contributed by atoms with Crippen LogP contribution in [-0.4, -0.2) is 112 Å². The lowest BCUT2D eigenvalue weighted by molar-refractivity contribution is -0.353. The maximum atomic E-state index is 13.2. The molecule has 10 N–H and O–H groups in total. The molecule has 0 amide bonds. The van der Waals surface area contributed by atoms with Gasteiger partial charge < -0.3 is 69.7 Å². The van der Waals surface area contributed by atoms with Crippen LogP contribution < -0.4 is 5.43 Å². The zero-order valence-corrected chi connectivity index (χ0v) is 22.8. The summed E-state index contributed by atoms with van der Waals surface area (Å²) in [6.07, 6.45) is -15.0. The standard InChI is InChI=1S/C28H32O15/c1-9-28(2,39)26(38)23(37)27(40-9)43-25-22(36)20(34)17(8-29)42-24(25)19-14(33)7-16-18(21(19)35)13(32)6-15(41-16)10-3-4-11(30)12(31)5-10/h3-7,9,17,20,22-27,29-31,33-39H,8H2,1-2H3/t9?,17?,20?,22?,23?,24?,25?,26?,27?,28-/m0/s1. The van der Waals surface area contributed by atoms with Gasteiger partial charge in [-0.3, -0.25) is 4.79 Å². The lowest BCUT2D eigenvalue weighted by Gasteiger charge is -2.48. The first-order valence-electron chi connectivity index (χ1n) is 13.2. The Hall–Kier alpha value is -3.51. The highest BCUT2D eigenvalue weighted by molar-refractivity contribution is 5.88. The number of fused-ring (bicyclic) bond motifs is 1. The molecule has 2 aromatic carbocycles. The van der Waals surface area contributed by atoms with E-state index < -0.39 is 107 Å². The molecule has 2 aliphatic rings. The molecule has 43 heavy (non-hydrogen) atoms. The third-order valence-corrected chi connectivity index (χ3v) is 8.08. The molecule has 0 aliphatic carbocycles.